The molecule has 0 atom stereocenters. The molecule has 1 fully saturated rings. The molecular weight excluding hydrogens is 584 g/mol. The van der Waals surface area contributed by atoms with Crippen LogP contribution in [0.25, 0.3) is 22.0 Å². The molecule has 43 heavy (non-hydrogen) atoms. The van der Waals surface area contributed by atoms with Crippen LogP contribution < -0.4 is 15.0 Å². The summed E-state index contributed by atoms with van der Waals surface area (Å²) >= 11 is 0. The number of unbranched alkanes of at least 4 members (excludes halogenated alkanes) is 1. The molecule has 0 radical (unpaired) electrons. The van der Waals surface area contributed by atoms with Gasteiger partial charge in [-0.2, -0.15) is 0 Å². The summed E-state index contributed by atoms with van der Waals surface area (Å²) in [6, 6.07) is 8.57. The highest BCUT2D eigenvalue weighted by molar-refractivity contribution is 7.92. The maximum Gasteiger partial charge on any atom is 0.264 e. The lowest BCUT2D eigenvalue weighted by molar-refractivity contribution is -0.135. The van der Waals surface area contributed by atoms with Gasteiger partial charge in [0, 0.05) is 43.9 Å². The zero-order chi connectivity index (χ0) is 30.6. The number of morpholine rings is 1. The molecule has 1 amide bonds. The van der Waals surface area contributed by atoms with E-state index in [-0.39, 0.29) is 23.0 Å². The van der Waals surface area contributed by atoms with Gasteiger partial charge in [-0.25, -0.2) is 27.2 Å². The number of aryl methyl sites for hydroxylation is 1. The van der Waals surface area contributed by atoms with E-state index in [1.165, 1.54) is 30.3 Å². The Hall–Kier alpha value is -4.43. The Balaban J connectivity index is 1.35. The van der Waals surface area contributed by atoms with Crippen molar-refractivity contribution in [3.8, 4) is 17.0 Å². The molecule has 1 N–H and O–H groups in total. The molecule has 4 aromatic rings. The number of methoxy groups -OCH3 is 1. The number of hydrogen-bond acceptors (Lipinski definition) is 8. The van der Waals surface area contributed by atoms with Crippen molar-refractivity contribution in [2.45, 2.75) is 30.7 Å². The Morgan fingerprint density at radius 1 is 1.05 bits per heavy atom. The number of halogens is 2. The molecule has 0 bridgehead atoms. The highest BCUT2D eigenvalue weighted by Gasteiger charge is 2.22. The lowest BCUT2D eigenvalue weighted by atomic mass is 10.1. The number of fused-ring (bicyclic) bond motifs is 1. The van der Waals surface area contributed by atoms with Crippen molar-refractivity contribution in [1.29, 1.82) is 0 Å². The maximum absolute atomic E-state index is 14.2. The molecule has 2 aromatic heterocycles. The molecule has 5 rings (SSSR count). The van der Waals surface area contributed by atoms with Gasteiger partial charge in [0.05, 0.1) is 37.6 Å². The number of pyridine rings is 1. The van der Waals surface area contributed by atoms with E-state index < -0.39 is 26.6 Å². The van der Waals surface area contributed by atoms with Gasteiger partial charge in [0.2, 0.25) is 11.8 Å². The van der Waals surface area contributed by atoms with Crippen molar-refractivity contribution in [3.05, 3.63) is 77.0 Å². The first-order chi connectivity index (χ1) is 20.7. The molecule has 1 aliphatic heterocycles. The molecule has 0 aliphatic carbocycles. The van der Waals surface area contributed by atoms with Crippen molar-refractivity contribution >= 4 is 32.5 Å². The van der Waals surface area contributed by atoms with Gasteiger partial charge in [-0.05, 0) is 48.7 Å². The number of benzene rings is 2. The molecule has 11 nitrogen and oxygen atoms in total. The second kappa shape index (κ2) is 12.8. The highest BCUT2D eigenvalue weighted by Crippen LogP contribution is 2.31. The number of nitrogens with one attached hydrogen (secondary N) is 1. The second-order valence-corrected chi connectivity index (χ2v) is 11.5. The number of ether oxygens (including phenoxy) is 2. The number of sulfonamides is 1. The summed E-state index contributed by atoms with van der Waals surface area (Å²) in [4.78, 5) is 35.3. The van der Waals surface area contributed by atoms with Crippen LogP contribution in [-0.4, -0.2) is 67.2 Å². The van der Waals surface area contributed by atoms with Crippen LogP contribution in [0.1, 0.15) is 19.3 Å². The number of carbonyl (C=O) groups excluding carboxylic acids is 1. The summed E-state index contributed by atoms with van der Waals surface area (Å²) < 4.78 is 67.6. The lowest BCUT2D eigenvalue weighted by Crippen LogP contribution is -2.40. The van der Waals surface area contributed by atoms with Crippen molar-refractivity contribution in [2.75, 3.05) is 38.1 Å². The molecule has 2 aromatic carbocycles. The molecule has 1 saturated heterocycles. The fourth-order valence-corrected chi connectivity index (χ4v) is 5.87. The topological polar surface area (TPSA) is 133 Å². The highest BCUT2D eigenvalue weighted by atomic mass is 32.2. The molecule has 0 saturated carbocycles. The Labute approximate surface area is 246 Å². The van der Waals surface area contributed by atoms with Gasteiger partial charge in [0.25, 0.3) is 15.6 Å². The van der Waals surface area contributed by atoms with Crippen LogP contribution in [0.5, 0.6) is 5.88 Å². The van der Waals surface area contributed by atoms with Gasteiger partial charge >= 0.3 is 0 Å². The molecule has 226 valence electrons. The Kier molecular flexibility index (Phi) is 8.97. The van der Waals surface area contributed by atoms with E-state index in [9.17, 15) is 26.8 Å². The first kappa shape index (κ1) is 30.0. The Morgan fingerprint density at radius 3 is 2.58 bits per heavy atom. The third kappa shape index (κ3) is 6.81. The van der Waals surface area contributed by atoms with Crippen LogP contribution in [0.15, 0.2) is 64.7 Å². The molecule has 14 heteroatoms. The number of carbonyl (C=O) groups is 1. The van der Waals surface area contributed by atoms with Crippen LogP contribution >= 0.6 is 0 Å². The minimum atomic E-state index is -4.47. The fraction of sp³-hybridized carbons (Fsp3) is 0.310. The van der Waals surface area contributed by atoms with Gasteiger partial charge in [0.15, 0.2) is 0 Å². The number of aromatic nitrogens is 3. The van der Waals surface area contributed by atoms with Crippen molar-refractivity contribution in [3.63, 3.8) is 0 Å². The zero-order valence-corrected chi connectivity index (χ0v) is 24.1. The van der Waals surface area contributed by atoms with E-state index in [2.05, 4.69) is 14.7 Å². The largest absolute Gasteiger partial charge is 0.480 e. The second-order valence-electron chi connectivity index (χ2n) is 9.89. The van der Waals surface area contributed by atoms with Crippen LogP contribution in [0.2, 0.25) is 0 Å². The number of nitrogens with zero attached hydrogens (tertiary/aromatic N) is 4. The number of rotatable bonds is 10. The average molecular weight is 614 g/mol. The van der Waals surface area contributed by atoms with Crippen LogP contribution in [-0.2, 0) is 26.1 Å². The number of anilines is 1. The molecule has 1 aliphatic rings. The van der Waals surface area contributed by atoms with E-state index in [4.69, 9.17) is 9.47 Å². The summed E-state index contributed by atoms with van der Waals surface area (Å²) in [5.74, 6) is -2.17. The van der Waals surface area contributed by atoms with Crippen molar-refractivity contribution < 1.29 is 31.5 Å². The predicted octanol–water partition coefficient (Wildman–Crippen LogP) is 3.58. The average Bonchev–Trinajstić information content (AvgIpc) is 3.00. The van der Waals surface area contributed by atoms with E-state index in [1.807, 2.05) is 0 Å². The number of hydrogen-bond donors (Lipinski definition) is 1. The van der Waals surface area contributed by atoms with Crippen molar-refractivity contribution in [1.82, 2.24) is 19.4 Å². The smallest absolute Gasteiger partial charge is 0.264 e. The van der Waals surface area contributed by atoms with Gasteiger partial charge in [-0.15, -0.1) is 0 Å². The first-order valence-corrected chi connectivity index (χ1v) is 15.0. The normalized spacial score (nSPS) is 13.7. The lowest BCUT2D eigenvalue weighted by Gasteiger charge is -2.26. The standard InChI is InChI=1S/C29H29F2N5O6S/c1-41-28-25(34-43(39,40)26-8-6-21(30)16-23(26)31)15-20(17-32-28)19-5-7-24-22(14-19)29(38)36(18-33-24)9-3-2-4-27(37)35-10-12-42-13-11-35/h5-8,14-18,34H,2-4,9-13H2,1H3. The molecule has 0 unspecified atom stereocenters. The van der Waals surface area contributed by atoms with Gasteiger partial charge in [-0.1, -0.05) is 6.07 Å². The van der Waals surface area contributed by atoms with E-state index in [0.29, 0.717) is 80.2 Å². The maximum atomic E-state index is 14.2. The summed E-state index contributed by atoms with van der Waals surface area (Å²) in [6.07, 6.45) is 4.55. The summed E-state index contributed by atoms with van der Waals surface area (Å²) in [7, 11) is -3.17. The fourth-order valence-electron chi connectivity index (χ4n) is 4.77. The third-order valence-electron chi connectivity index (χ3n) is 7.03. The van der Waals surface area contributed by atoms with E-state index in [0.717, 1.165) is 12.1 Å². The Morgan fingerprint density at radius 2 is 1.84 bits per heavy atom. The SMILES string of the molecule is COc1ncc(-c2ccc3ncn(CCCCC(=O)N4CCOCC4)c(=O)c3c2)cc1NS(=O)(=O)c1ccc(F)cc1F. The minimum absolute atomic E-state index is 0.0771. The predicted molar refractivity (Wildman–Crippen MR) is 154 cm³/mol. The zero-order valence-electron chi connectivity index (χ0n) is 23.3. The summed E-state index contributed by atoms with van der Waals surface area (Å²) in [6.45, 7) is 2.67. The quantitative estimate of drug-likeness (QED) is 0.269. The third-order valence-corrected chi connectivity index (χ3v) is 8.43. The van der Waals surface area contributed by atoms with Gasteiger partial charge < -0.3 is 14.4 Å². The number of amides is 1. The molecule has 3 heterocycles. The molecule has 0 spiro atoms. The van der Waals surface area contributed by atoms with E-state index in [1.54, 1.807) is 23.1 Å². The van der Waals surface area contributed by atoms with Crippen molar-refractivity contribution in [2.24, 2.45) is 0 Å². The van der Waals surface area contributed by atoms with Crippen LogP contribution in [0.4, 0.5) is 14.5 Å². The summed E-state index contributed by atoms with van der Waals surface area (Å²) in [5.41, 5.74) is 1.11. The van der Waals surface area contributed by atoms with E-state index >= 15 is 0 Å². The van der Waals surface area contributed by atoms with Gasteiger partial charge in [0.1, 0.15) is 22.2 Å². The van der Waals surface area contributed by atoms with Crippen LogP contribution in [0, 0.1) is 11.6 Å². The Bertz CT molecular complexity index is 1830. The molecular formula is C29H29F2N5O6S. The van der Waals surface area contributed by atoms with Gasteiger partial charge in [-0.3, -0.25) is 18.9 Å². The van der Waals surface area contributed by atoms with Crippen LogP contribution in [0.3, 0.4) is 0 Å². The monoisotopic (exact) mass is 613 g/mol. The first-order valence-electron chi connectivity index (χ1n) is 13.5. The minimum Gasteiger partial charge on any atom is -0.480 e. The summed E-state index contributed by atoms with van der Waals surface area (Å²) in [5, 5.41) is 0.343.